The molecule has 0 saturated heterocycles. The standard InChI is InChI=1S/C23H21N3O2/c27-22(25-24-18-19-10-4-1-5-11-19)16-17-23(28)26(20-12-6-2-7-13-20)21-14-8-3-9-15-21/h1-15,18H,16-17H2,(H,25,27). The Bertz CT molecular complexity index is 886. The fraction of sp³-hybridized carbons (Fsp3) is 0.0870. The molecule has 28 heavy (non-hydrogen) atoms. The zero-order chi connectivity index (χ0) is 19.6. The van der Waals surface area contributed by atoms with Gasteiger partial charge in [0.2, 0.25) is 11.8 Å². The van der Waals surface area contributed by atoms with E-state index in [1.165, 1.54) is 0 Å². The molecule has 0 aliphatic rings. The SMILES string of the molecule is O=C(CCC(=O)N(c1ccccc1)c1ccccc1)NN=Cc1ccccc1. The van der Waals surface area contributed by atoms with Gasteiger partial charge in [0, 0.05) is 24.2 Å². The number of rotatable bonds is 7. The molecule has 0 unspecified atom stereocenters. The van der Waals surface area contributed by atoms with E-state index in [0.717, 1.165) is 16.9 Å². The van der Waals surface area contributed by atoms with E-state index >= 15 is 0 Å². The van der Waals surface area contributed by atoms with Gasteiger partial charge in [-0.05, 0) is 29.8 Å². The summed E-state index contributed by atoms with van der Waals surface area (Å²) >= 11 is 0. The number of benzene rings is 3. The number of hydrogen-bond donors (Lipinski definition) is 1. The van der Waals surface area contributed by atoms with E-state index < -0.39 is 0 Å². The Morgan fingerprint density at radius 2 is 1.25 bits per heavy atom. The van der Waals surface area contributed by atoms with Crippen LogP contribution in [0.15, 0.2) is 96.1 Å². The van der Waals surface area contributed by atoms with E-state index in [1.54, 1.807) is 11.1 Å². The van der Waals surface area contributed by atoms with Crippen molar-refractivity contribution in [2.24, 2.45) is 5.10 Å². The van der Waals surface area contributed by atoms with E-state index in [-0.39, 0.29) is 24.7 Å². The Kier molecular flexibility index (Phi) is 6.68. The Morgan fingerprint density at radius 1 is 0.750 bits per heavy atom. The molecule has 0 aromatic heterocycles. The number of carbonyl (C=O) groups excluding carboxylic acids is 2. The predicted octanol–water partition coefficient (Wildman–Crippen LogP) is 4.28. The highest BCUT2D eigenvalue weighted by Gasteiger charge is 2.18. The third kappa shape index (κ3) is 5.38. The summed E-state index contributed by atoms with van der Waals surface area (Å²) in [6, 6.07) is 28.3. The van der Waals surface area contributed by atoms with Gasteiger partial charge in [-0.1, -0.05) is 66.7 Å². The Morgan fingerprint density at radius 3 is 1.79 bits per heavy atom. The van der Waals surface area contributed by atoms with Crippen molar-refractivity contribution in [3.05, 3.63) is 96.6 Å². The first-order chi connectivity index (χ1) is 13.7. The zero-order valence-electron chi connectivity index (χ0n) is 15.4. The van der Waals surface area contributed by atoms with Gasteiger partial charge in [0.05, 0.1) is 6.21 Å². The van der Waals surface area contributed by atoms with Crippen LogP contribution >= 0.6 is 0 Å². The van der Waals surface area contributed by atoms with Crippen molar-refractivity contribution in [3.8, 4) is 0 Å². The highest BCUT2D eigenvalue weighted by Crippen LogP contribution is 2.26. The van der Waals surface area contributed by atoms with Crippen LogP contribution in [0, 0.1) is 0 Å². The minimum absolute atomic E-state index is 0.0567. The lowest BCUT2D eigenvalue weighted by Crippen LogP contribution is -2.27. The molecule has 0 aliphatic heterocycles. The number of nitrogens with zero attached hydrogens (tertiary/aromatic N) is 2. The van der Waals surface area contributed by atoms with E-state index in [2.05, 4.69) is 10.5 Å². The molecular formula is C23H21N3O2. The summed E-state index contributed by atoms with van der Waals surface area (Å²) in [5.74, 6) is -0.457. The topological polar surface area (TPSA) is 61.8 Å². The maximum atomic E-state index is 12.9. The second kappa shape index (κ2) is 9.83. The van der Waals surface area contributed by atoms with Crippen molar-refractivity contribution in [3.63, 3.8) is 0 Å². The minimum atomic E-state index is -0.304. The van der Waals surface area contributed by atoms with Gasteiger partial charge in [-0.15, -0.1) is 0 Å². The molecule has 0 aliphatic carbocycles. The van der Waals surface area contributed by atoms with Crippen molar-refractivity contribution in [2.45, 2.75) is 12.8 Å². The Balaban J connectivity index is 1.61. The monoisotopic (exact) mass is 371 g/mol. The summed E-state index contributed by atoms with van der Waals surface area (Å²) < 4.78 is 0. The lowest BCUT2D eigenvalue weighted by atomic mass is 10.2. The van der Waals surface area contributed by atoms with Crippen molar-refractivity contribution < 1.29 is 9.59 Å². The number of hydrazone groups is 1. The van der Waals surface area contributed by atoms with Crippen LogP contribution in [-0.2, 0) is 9.59 Å². The summed E-state index contributed by atoms with van der Waals surface area (Å²) in [7, 11) is 0. The molecule has 3 aromatic carbocycles. The molecule has 0 bridgehead atoms. The lowest BCUT2D eigenvalue weighted by Gasteiger charge is -2.23. The summed E-state index contributed by atoms with van der Waals surface area (Å²) in [4.78, 5) is 26.5. The molecule has 0 saturated carbocycles. The largest absolute Gasteiger partial charge is 0.281 e. The second-order valence-electron chi connectivity index (χ2n) is 6.10. The highest BCUT2D eigenvalue weighted by atomic mass is 16.2. The fourth-order valence-corrected chi connectivity index (χ4v) is 2.70. The van der Waals surface area contributed by atoms with Gasteiger partial charge in [-0.3, -0.25) is 14.5 Å². The van der Waals surface area contributed by atoms with Crippen LogP contribution in [0.5, 0.6) is 0 Å². The first-order valence-corrected chi connectivity index (χ1v) is 9.04. The summed E-state index contributed by atoms with van der Waals surface area (Å²) in [6.07, 6.45) is 1.71. The average molecular weight is 371 g/mol. The normalized spacial score (nSPS) is 10.6. The number of amides is 2. The quantitative estimate of drug-likeness (QED) is 0.498. The van der Waals surface area contributed by atoms with Crippen LogP contribution < -0.4 is 10.3 Å². The molecule has 0 radical (unpaired) electrons. The van der Waals surface area contributed by atoms with Crippen LogP contribution in [0.1, 0.15) is 18.4 Å². The molecule has 2 amide bonds. The van der Waals surface area contributed by atoms with Crippen molar-refractivity contribution in [1.82, 2.24) is 5.43 Å². The van der Waals surface area contributed by atoms with Gasteiger partial charge in [0.25, 0.3) is 0 Å². The number of para-hydroxylation sites is 2. The smallest absolute Gasteiger partial charge is 0.240 e. The van der Waals surface area contributed by atoms with E-state index in [4.69, 9.17) is 0 Å². The zero-order valence-corrected chi connectivity index (χ0v) is 15.4. The Hall–Kier alpha value is -3.73. The molecule has 0 spiro atoms. The molecule has 5 heteroatoms. The van der Waals surface area contributed by atoms with Crippen LogP contribution in [-0.4, -0.2) is 18.0 Å². The molecule has 0 atom stereocenters. The van der Waals surface area contributed by atoms with Gasteiger partial charge in [0.1, 0.15) is 0 Å². The average Bonchev–Trinajstić information content (AvgIpc) is 2.75. The molecule has 140 valence electrons. The van der Waals surface area contributed by atoms with Crippen molar-refractivity contribution >= 4 is 29.4 Å². The maximum absolute atomic E-state index is 12.9. The predicted molar refractivity (Wildman–Crippen MR) is 111 cm³/mol. The third-order valence-electron chi connectivity index (χ3n) is 4.05. The second-order valence-corrected chi connectivity index (χ2v) is 6.10. The summed E-state index contributed by atoms with van der Waals surface area (Å²) in [5, 5.41) is 3.93. The maximum Gasteiger partial charge on any atom is 0.240 e. The molecule has 0 heterocycles. The van der Waals surface area contributed by atoms with Crippen LogP contribution in [0.2, 0.25) is 0 Å². The van der Waals surface area contributed by atoms with Gasteiger partial charge in [0.15, 0.2) is 0 Å². The number of carbonyl (C=O) groups is 2. The van der Waals surface area contributed by atoms with Gasteiger partial charge in [-0.25, -0.2) is 5.43 Å². The van der Waals surface area contributed by atoms with Gasteiger partial charge < -0.3 is 0 Å². The summed E-state index contributed by atoms with van der Waals surface area (Å²) in [5.41, 5.74) is 4.88. The fourth-order valence-electron chi connectivity index (χ4n) is 2.70. The molecule has 3 aromatic rings. The molecule has 1 N–H and O–H groups in total. The molecular weight excluding hydrogens is 350 g/mol. The molecule has 5 nitrogen and oxygen atoms in total. The van der Waals surface area contributed by atoms with Crippen molar-refractivity contribution in [2.75, 3.05) is 4.90 Å². The Labute approximate surface area is 164 Å². The van der Waals surface area contributed by atoms with E-state index in [1.807, 2.05) is 91.0 Å². The summed E-state index contributed by atoms with van der Waals surface area (Å²) in [6.45, 7) is 0. The molecule has 3 rings (SSSR count). The number of hydrogen-bond acceptors (Lipinski definition) is 3. The van der Waals surface area contributed by atoms with Crippen LogP contribution in [0.25, 0.3) is 0 Å². The molecule has 0 fully saturated rings. The lowest BCUT2D eigenvalue weighted by molar-refractivity contribution is -0.124. The van der Waals surface area contributed by atoms with Crippen LogP contribution in [0.3, 0.4) is 0 Å². The third-order valence-corrected chi connectivity index (χ3v) is 4.05. The van der Waals surface area contributed by atoms with E-state index in [0.29, 0.717) is 0 Å². The van der Waals surface area contributed by atoms with Crippen molar-refractivity contribution in [1.29, 1.82) is 0 Å². The minimum Gasteiger partial charge on any atom is -0.281 e. The van der Waals surface area contributed by atoms with Gasteiger partial charge >= 0.3 is 0 Å². The first kappa shape index (κ1) is 19.0. The number of nitrogens with one attached hydrogen (secondary N) is 1. The highest BCUT2D eigenvalue weighted by molar-refractivity contribution is 6.01. The van der Waals surface area contributed by atoms with E-state index in [9.17, 15) is 9.59 Å². The first-order valence-electron chi connectivity index (χ1n) is 9.04. The van der Waals surface area contributed by atoms with Gasteiger partial charge in [-0.2, -0.15) is 5.10 Å². The van der Waals surface area contributed by atoms with Crippen LogP contribution in [0.4, 0.5) is 11.4 Å². The number of anilines is 2.